The van der Waals surface area contributed by atoms with Crippen molar-refractivity contribution in [3.05, 3.63) is 35.9 Å². The van der Waals surface area contributed by atoms with Gasteiger partial charge in [0.25, 0.3) is 10.1 Å². The lowest BCUT2D eigenvalue weighted by Crippen LogP contribution is -2.32. The van der Waals surface area contributed by atoms with Crippen LogP contribution in [0.15, 0.2) is 30.3 Å². The number of hydrogen-bond acceptors (Lipinski definition) is 7. The second-order valence-electron chi connectivity index (χ2n) is 5.26. The Kier molecular flexibility index (Phi) is 10.3. The van der Waals surface area contributed by atoms with E-state index in [1.165, 1.54) is 0 Å². The zero-order chi connectivity index (χ0) is 18.5. The van der Waals surface area contributed by atoms with E-state index < -0.39 is 16.2 Å². The molecule has 1 aromatic carbocycles. The van der Waals surface area contributed by atoms with Crippen LogP contribution in [0, 0.1) is 0 Å². The van der Waals surface area contributed by atoms with Gasteiger partial charge >= 0.3 is 0 Å². The fraction of sp³-hybridized carbons (Fsp3) is 0.562. The zero-order valence-electron chi connectivity index (χ0n) is 14.5. The Hall–Kier alpha value is -1.52. The van der Waals surface area contributed by atoms with Crippen LogP contribution in [0.4, 0.5) is 0 Å². The summed E-state index contributed by atoms with van der Waals surface area (Å²) in [5.41, 5.74) is 0.962. The molecule has 0 fully saturated rings. The smallest absolute Gasteiger partial charge is 0.264 e. The average Bonchev–Trinajstić information content (AvgIpc) is 2.57. The summed E-state index contributed by atoms with van der Waals surface area (Å²) in [5.74, 6) is -0.275. The highest BCUT2D eigenvalue weighted by atomic mass is 32.2. The highest BCUT2D eigenvalue weighted by Crippen LogP contribution is 2.04. The fourth-order valence-corrected chi connectivity index (χ4v) is 2.19. The van der Waals surface area contributed by atoms with Gasteiger partial charge < -0.3 is 19.5 Å². The number of rotatable bonds is 13. The molecule has 8 nitrogen and oxygen atoms in total. The van der Waals surface area contributed by atoms with Crippen LogP contribution in [0.25, 0.3) is 0 Å². The van der Waals surface area contributed by atoms with Crippen molar-refractivity contribution in [2.75, 3.05) is 40.0 Å². The van der Waals surface area contributed by atoms with Crippen LogP contribution in [0.5, 0.6) is 0 Å². The van der Waals surface area contributed by atoms with Crippen LogP contribution < -0.4 is 5.32 Å². The Morgan fingerprint density at radius 2 is 1.92 bits per heavy atom. The van der Waals surface area contributed by atoms with E-state index in [9.17, 15) is 13.2 Å². The monoisotopic (exact) mass is 375 g/mol. The van der Waals surface area contributed by atoms with E-state index in [1.54, 1.807) is 7.11 Å². The van der Waals surface area contributed by atoms with Crippen molar-refractivity contribution >= 4 is 16.0 Å². The number of hydrogen-bond donors (Lipinski definition) is 1. The van der Waals surface area contributed by atoms with Crippen molar-refractivity contribution in [3.8, 4) is 0 Å². The minimum atomic E-state index is -3.62. The number of benzene rings is 1. The van der Waals surface area contributed by atoms with Crippen LogP contribution in [-0.2, 0) is 39.9 Å². The molecule has 0 aliphatic rings. The largest absolute Gasteiger partial charge is 0.382 e. The van der Waals surface area contributed by atoms with Crippen LogP contribution in [0.1, 0.15) is 12.0 Å². The maximum absolute atomic E-state index is 12.0. The molecule has 0 saturated carbocycles. The van der Waals surface area contributed by atoms with Gasteiger partial charge in [-0.25, -0.2) is 0 Å². The van der Waals surface area contributed by atoms with E-state index >= 15 is 0 Å². The van der Waals surface area contributed by atoms with E-state index in [0.717, 1.165) is 11.8 Å². The van der Waals surface area contributed by atoms with Gasteiger partial charge in [0.2, 0.25) is 5.91 Å². The summed E-state index contributed by atoms with van der Waals surface area (Å²) in [5, 5.41) is 2.75. The second kappa shape index (κ2) is 11.9. The van der Waals surface area contributed by atoms with Gasteiger partial charge in [-0.3, -0.25) is 8.98 Å². The SMILES string of the molecule is COCCOCO[C@H](COS(C)(=O)=O)CC(=O)NCc1ccccc1. The molecule has 0 heterocycles. The van der Waals surface area contributed by atoms with E-state index in [1.807, 2.05) is 30.3 Å². The number of amides is 1. The average molecular weight is 375 g/mol. The molecule has 0 bridgehead atoms. The van der Waals surface area contributed by atoms with Crippen molar-refractivity contribution in [2.24, 2.45) is 0 Å². The van der Waals surface area contributed by atoms with Crippen molar-refractivity contribution in [1.29, 1.82) is 0 Å². The fourth-order valence-electron chi connectivity index (χ4n) is 1.79. The summed E-state index contributed by atoms with van der Waals surface area (Å²) in [6, 6.07) is 9.44. The molecule has 9 heteroatoms. The first-order valence-electron chi connectivity index (χ1n) is 7.74. The van der Waals surface area contributed by atoms with E-state index in [-0.39, 0.29) is 25.7 Å². The Morgan fingerprint density at radius 3 is 2.56 bits per heavy atom. The third-order valence-corrected chi connectivity index (χ3v) is 3.60. The number of carbonyl (C=O) groups is 1. The molecule has 0 radical (unpaired) electrons. The lowest BCUT2D eigenvalue weighted by atomic mass is 10.2. The third kappa shape index (κ3) is 11.6. The Balaban J connectivity index is 2.42. The normalized spacial score (nSPS) is 12.7. The first-order chi connectivity index (χ1) is 11.9. The van der Waals surface area contributed by atoms with Crippen molar-refractivity contribution in [1.82, 2.24) is 5.32 Å². The van der Waals surface area contributed by atoms with Crippen LogP contribution >= 0.6 is 0 Å². The topological polar surface area (TPSA) is 100 Å². The van der Waals surface area contributed by atoms with Crippen LogP contribution in [0.3, 0.4) is 0 Å². The van der Waals surface area contributed by atoms with E-state index in [4.69, 9.17) is 18.4 Å². The van der Waals surface area contributed by atoms with Crippen LogP contribution in [-0.4, -0.2) is 60.4 Å². The van der Waals surface area contributed by atoms with Gasteiger partial charge in [-0.15, -0.1) is 0 Å². The van der Waals surface area contributed by atoms with Crippen molar-refractivity contribution in [3.63, 3.8) is 0 Å². The molecule has 0 saturated heterocycles. The number of ether oxygens (including phenoxy) is 3. The molecule has 1 aromatic rings. The second-order valence-corrected chi connectivity index (χ2v) is 6.91. The molecule has 0 aromatic heterocycles. The Labute approximate surface area is 148 Å². The summed E-state index contributed by atoms with van der Waals surface area (Å²) < 4.78 is 42.3. The Morgan fingerprint density at radius 1 is 1.20 bits per heavy atom. The molecule has 1 N–H and O–H groups in total. The molecule has 25 heavy (non-hydrogen) atoms. The highest BCUT2D eigenvalue weighted by molar-refractivity contribution is 7.85. The number of nitrogens with one attached hydrogen (secondary N) is 1. The quantitative estimate of drug-likeness (QED) is 0.307. The molecule has 142 valence electrons. The Bertz CT molecular complexity index is 592. The molecule has 0 aliphatic heterocycles. The predicted molar refractivity (Wildman–Crippen MR) is 91.3 cm³/mol. The summed E-state index contributed by atoms with van der Waals surface area (Å²) in [6.07, 6.45) is 0.151. The number of methoxy groups -OCH3 is 1. The molecular formula is C16H25NO7S. The first-order valence-corrected chi connectivity index (χ1v) is 9.55. The molecule has 0 aliphatic carbocycles. The van der Waals surface area contributed by atoms with Gasteiger partial charge in [-0.05, 0) is 5.56 Å². The summed E-state index contributed by atoms with van der Waals surface area (Å²) in [7, 11) is -2.08. The van der Waals surface area contributed by atoms with E-state index in [0.29, 0.717) is 19.8 Å². The standard InChI is InChI=1S/C16H25NO7S/c1-21-8-9-22-13-23-15(12-24-25(2,19)20)10-16(18)17-11-14-6-4-3-5-7-14/h3-7,15H,8-13H2,1-2H3,(H,17,18)/t15-/m0/s1. The maximum atomic E-state index is 12.0. The lowest BCUT2D eigenvalue weighted by Gasteiger charge is -2.17. The minimum Gasteiger partial charge on any atom is -0.382 e. The summed E-state index contributed by atoms with van der Waals surface area (Å²) in [4.78, 5) is 12.0. The van der Waals surface area contributed by atoms with Gasteiger partial charge in [-0.2, -0.15) is 8.42 Å². The number of carbonyl (C=O) groups excluding carboxylic acids is 1. The third-order valence-electron chi connectivity index (χ3n) is 3.03. The zero-order valence-corrected chi connectivity index (χ0v) is 15.3. The molecule has 0 spiro atoms. The molecule has 1 amide bonds. The predicted octanol–water partition coefficient (Wildman–Crippen LogP) is 0.675. The van der Waals surface area contributed by atoms with Crippen LogP contribution in [0.2, 0.25) is 0 Å². The highest BCUT2D eigenvalue weighted by Gasteiger charge is 2.17. The molecule has 1 atom stereocenters. The first kappa shape index (κ1) is 21.5. The van der Waals surface area contributed by atoms with Gasteiger partial charge in [0.1, 0.15) is 6.79 Å². The minimum absolute atomic E-state index is 0.0456. The van der Waals surface area contributed by atoms with E-state index in [2.05, 4.69) is 5.32 Å². The van der Waals surface area contributed by atoms with Gasteiger partial charge in [-0.1, -0.05) is 30.3 Å². The van der Waals surface area contributed by atoms with Crippen molar-refractivity contribution < 1.29 is 31.6 Å². The maximum Gasteiger partial charge on any atom is 0.264 e. The summed E-state index contributed by atoms with van der Waals surface area (Å²) >= 11 is 0. The molecular weight excluding hydrogens is 350 g/mol. The molecule has 1 rings (SSSR count). The van der Waals surface area contributed by atoms with Gasteiger partial charge in [0, 0.05) is 13.7 Å². The van der Waals surface area contributed by atoms with Crippen molar-refractivity contribution in [2.45, 2.75) is 19.1 Å². The summed E-state index contributed by atoms with van der Waals surface area (Å²) in [6.45, 7) is 0.768. The van der Waals surface area contributed by atoms with Gasteiger partial charge in [0.15, 0.2) is 0 Å². The van der Waals surface area contributed by atoms with Gasteiger partial charge in [0.05, 0.1) is 38.6 Å². The molecule has 0 unspecified atom stereocenters. The lowest BCUT2D eigenvalue weighted by molar-refractivity contribution is -0.133.